The molecule has 2 aromatic rings. The van der Waals surface area contributed by atoms with Crippen molar-refractivity contribution in [2.75, 3.05) is 0 Å². The molecule has 1 aromatic heterocycles. The van der Waals surface area contributed by atoms with Crippen molar-refractivity contribution in [3.63, 3.8) is 0 Å². The number of primary amides is 1. The lowest BCUT2D eigenvalue weighted by Gasteiger charge is -2.06. The molecule has 0 atom stereocenters. The third kappa shape index (κ3) is 3.71. The second-order valence-electron chi connectivity index (χ2n) is 4.38. The lowest BCUT2D eigenvalue weighted by Crippen LogP contribution is -2.23. The van der Waals surface area contributed by atoms with Gasteiger partial charge >= 0.3 is 0 Å². The summed E-state index contributed by atoms with van der Waals surface area (Å²) in [6.07, 6.45) is 2.33. The molecule has 104 valence electrons. The second-order valence-corrected chi connectivity index (χ2v) is 4.38. The molecule has 0 bridgehead atoms. The minimum atomic E-state index is -0.475. The summed E-state index contributed by atoms with van der Waals surface area (Å²) in [5.74, 6) is 0.133. The SMILES string of the molecule is NC(=O)c1ccccc1CCC(=O)NCc1ccco1. The zero-order valence-electron chi connectivity index (χ0n) is 11.0. The van der Waals surface area contributed by atoms with E-state index in [2.05, 4.69) is 5.32 Å². The van der Waals surface area contributed by atoms with E-state index in [1.165, 1.54) is 0 Å². The Morgan fingerprint density at radius 1 is 1.15 bits per heavy atom. The highest BCUT2D eigenvalue weighted by Gasteiger charge is 2.09. The number of rotatable bonds is 6. The van der Waals surface area contributed by atoms with E-state index in [4.69, 9.17) is 10.2 Å². The highest BCUT2D eigenvalue weighted by atomic mass is 16.3. The van der Waals surface area contributed by atoms with Gasteiger partial charge in [-0.3, -0.25) is 9.59 Å². The van der Waals surface area contributed by atoms with E-state index >= 15 is 0 Å². The topological polar surface area (TPSA) is 85.3 Å². The van der Waals surface area contributed by atoms with E-state index in [0.29, 0.717) is 30.7 Å². The fourth-order valence-electron chi connectivity index (χ4n) is 1.91. The first-order valence-electron chi connectivity index (χ1n) is 6.33. The molecular formula is C15H16N2O3. The van der Waals surface area contributed by atoms with Crippen molar-refractivity contribution in [2.45, 2.75) is 19.4 Å². The Morgan fingerprint density at radius 2 is 1.95 bits per heavy atom. The van der Waals surface area contributed by atoms with Crippen LogP contribution in [0.15, 0.2) is 47.1 Å². The van der Waals surface area contributed by atoms with Gasteiger partial charge in [0.15, 0.2) is 0 Å². The fraction of sp³-hybridized carbons (Fsp3) is 0.200. The number of benzene rings is 1. The third-order valence-electron chi connectivity index (χ3n) is 2.94. The molecule has 2 rings (SSSR count). The van der Waals surface area contributed by atoms with Crippen LogP contribution in [0.3, 0.4) is 0 Å². The Kier molecular flexibility index (Phi) is 4.55. The van der Waals surface area contributed by atoms with E-state index in [1.54, 1.807) is 36.6 Å². The number of aryl methyl sites for hydroxylation is 1. The molecule has 1 heterocycles. The highest BCUT2D eigenvalue weighted by molar-refractivity contribution is 5.94. The maximum absolute atomic E-state index is 11.7. The summed E-state index contributed by atoms with van der Waals surface area (Å²) in [5, 5.41) is 2.76. The van der Waals surface area contributed by atoms with Gasteiger partial charge in [-0.1, -0.05) is 18.2 Å². The molecule has 0 saturated carbocycles. The molecule has 20 heavy (non-hydrogen) atoms. The molecule has 0 aliphatic heterocycles. The zero-order chi connectivity index (χ0) is 14.4. The average Bonchev–Trinajstić information content (AvgIpc) is 2.96. The molecule has 5 nitrogen and oxygen atoms in total. The van der Waals surface area contributed by atoms with Gasteiger partial charge in [-0.25, -0.2) is 0 Å². The van der Waals surface area contributed by atoms with Crippen LogP contribution in [0.4, 0.5) is 0 Å². The van der Waals surface area contributed by atoms with Crippen LogP contribution in [-0.4, -0.2) is 11.8 Å². The molecule has 0 saturated heterocycles. The fourth-order valence-corrected chi connectivity index (χ4v) is 1.91. The number of hydrogen-bond donors (Lipinski definition) is 2. The third-order valence-corrected chi connectivity index (χ3v) is 2.94. The number of nitrogens with two attached hydrogens (primary N) is 1. The molecule has 5 heteroatoms. The Labute approximate surface area is 116 Å². The van der Waals surface area contributed by atoms with Gasteiger partial charge in [-0.15, -0.1) is 0 Å². The van der Waals surface area contributed by atoms with Crippen molar-refractivity contribution in [1.29, 1.82) is 0 Å². The smallest absolute Gasteiger partial charge is 0.248 e. The van der Waals surface area contributed by atoms with Gasteiger partial charge in [0.05, 0.1) is 12.8 Å². The minimum absolute atomic E-state index is 0.0966. The molecule has 3 N–H and O–H groups in total. The number of carbonyl (C=O) groups excluding carboxylic acids is 2. The number of carbonyl (C=O) groups is 2. The van der Waals surface area contributed by atoms with Gasteiger partial charge in [0.1, 0.15) is 5.76 Å². The van der Waals surface area contributed by atoms with Crippen molar-refractivity contribution in [2.24, 2.45) is 5.73 Å². The first kappa shape index (κ1) is 13.9. The van der Waals surface area contributed by atoms with Crippen LogP contribution in [0.5, 0.6) is 0 Å². The van der Waals surface area contributed by atoms with Crippen LogP contribution in [0, 0.1) is 0 Å². The normalized spacial score (nSPS) is 10.2. The monoisotopic (exact) mass is 272 g/mol. The first-order chi connectivity index (χ1) is 9.66. The lowest BCUT2D eigenvalue weighted by molar-refractivity contribution is -0.121. The Balaban J connectivity index is 1.85. The van der Waals surface area contributed by atoms with Crippen LogP contribution >= 0.6 is 0 Å². The number of hydrogen-bond acceptors (Lipinski definition) is 3. The van der Waals surface area contributed by atoms with Crippen LogP contribution < -0.4 is 11.1 Å². The molecule has 0 radical (unpaired) electrons. The van der Waals surface area contributed by atoms with Crippen LogP contribution in [0.1, 0.15) is 28.1 Å². The van der Waals surface area contributed by atoms with E-state index < -0.39 is 5.91 Å². The van der Waals surface area contributed by atoms with Gasteiger partial charge < -0.3 is 15.5 Å². The summed E-state index contributed by atoms with van der Waals surface area (Å²) in [6, 6.07) is 10.6. The van der Waals surface area contributed by atoms with E-state index in [9.17, 15) is 9.59 Å². The summed E-state index contributed by atoms with van der Waals surface area (Å²) in [7, 11) is 0. The Hall–Kier alpha value is -2.56. The van der Waals surface area contributed by atoms with Crippen LogP contribution in [0.25, 0.3) is 0 Å². The van der Waals surface area contributed by atoms with Gasteiger partial charge in [0, 0.05) is 12.0 Å². The predicted molar refractivity (Wildman–Crippen MR) is 73.8 cm³/mol. The van der Waals surface area contributed by atoms with Crippen molar-refractivity contribution in [1.82, 2.24) is 5.32 Å². The molecule has 0 aliphatic rings. The summed E-state index contributed by atoms with van der Waals surface area (Å²) >= 11 is 0. The van der Waals surface area contributed by atoms with E-state index in [0.717, 1.165) is 5.56 Å². The predicted octanol–water partition coefficient (Wildman–Crippen LogP) is 1.63. The zero-order valence-corrected chi connectivity index (χ0v) is 11.0. The summed E-state index contributed by atoms with van der Waals surface area (Å²) in [6.45, 7) is 0.364. The van der Waals surface area contributed by atoms with Gasteiger partial charge in [0.25, 0.3) is 0 Å². The molecule has 0 fully saturated rings. The maximum atomic E-state index is 11.7. The first-order valence-corrected chi connectivity index (χ1v) is 6.33. The molecule has 1 aromatic carbocycles. The average molecular weight is 272 g/mol. The van der Waals surface area contributed by atoms with E-state index in [1.807, 2.05) is 6.07 Å². The summed E-state index contributed by atoms with van der Waals surface area (Å²) in [4.78, 5) is 23.0. The van der Waals surface area contributed by atoms with Crippen LogP contribution in [0.2, 0.25) is 0 Å². The van der Waals surface area contributed by atoms with Crippen molar-refractivity contribution >= 4 is 11.8 Å². The van der Waals surface area contributed by atoms with Crippen molar-refractivity contribution in [3.05, 3.63) is 59.5 Å². The number of furan rings is 1. The quantitative estimate of drug-likeness (QED) is 0.838. The van der Waals surface area contributed by atoms with Gasteiger partial charge in [0.2, 0.25) is 11.8 Å². The Morgan fingerprint density at radius 3 is 2.65 bits per heavy atom. The number of nitrogens with one attached hydrogen (secondary N) is 1. The molecule has 0 spiro atoms. The summed E-state index contributed by atoms with van der Waals surface area (Å²) < 4.78 is 5.12. The lowest BCUT2D eigenvalue weighted by atomic mass is 10.0. The van der Waals surface area contributed by atoms with Gasteiger partial charge in [-0.2, -0.15) is 0 Å². The molecule has 0 aliphatic carbocycles. The second kappa shape index (κ2) is 6.56. The highest BCUT2D eigenvalue weighted by Crippen LogP contribution is 2.10. The number of amides is 2. The van der Waals surface area contributed by atoms with E-state index in [-0.39, 0.29) is 5.91 Å². The molecular weight excluding hydrogens is 256 g/mol. The standard InChI is InChI=1S/C15H16N2O3/c16-15(19)13-6-2-1-4-11(13)7-8-14(18)17-10-12-5-3-9-20-12/h1-6,9H,7-8,10H2,(H2,16,19)(H,17,18). The van der Waals surface area contributed by atoms with Gasteiger partial charge in [-0.05, 0) is 30.2 Å². The largest absolute Gasteiger partial charge is 0.467 e. The minimum Gasteiger partial charge on any atom is -0.467 e. The van der Waals surface area contributed by atoms with Crippen molar-refractivity contribution < 1.29 is 14.0 Å². The maximum Gasteiger partial charge on any atom is 0.248 e. The Bertz CT molecular complexity index is 591. The van der Waals surface area contributed by atoms with Crippen molar-refractivity contribution in [3.8, 4) is 0 Å². The summed E-state index contributed by atoms with van der Waals surface area (Å²) in [5.41, 5.74) is 6.54. The molecule has 0 unspecified atom stereocenters. The molecule has 2 amide bonds. The van der Waals surface area contributed by atoms with Crippen LogP contribution in [-0.2, 0) is 17.8 Å².